The minimum absolute atomic E-state index is 0.00515. The maximum Gasteiger partial charge on any atom is 0.230 e. The fraction of sp³-hybridized carbons (Fsp3) is 0.652. The van der Waals surface area contributed by atoms with Gasteiger partial charge in [0.1, 0.15) is 0 Å². The molecule has 4 heteroatoms. The molecule has 1 spiro atoms. The topological polar surface area (TPSA) is 40.6 Å². The molecule has 1 atom stereocenters. The van der Waals surface area contributed by atoms with Crippen LogP contribution in [0.1, 0.15) is 62.8 Å². The van der Waals surface area contributed by atoms with Crippen LogP contribution in [0.2, 0.25) is 0 Å². The van der Waals surface area contributed by atoms with E-state index in [2.05, 4.69) is 21.9 Å². The highest BCUT2D eigenvalue weighted by atomic mass is 16.2. The molecular weight excluding hydrogens is 336 g/mol. The average molecular weight is 367 g/mol. The van der Waals surface area contributed by atoms with Crippen molar-refractivity contribution in [1.29, 1.82) is 0 Å². The lowest BCUT2D eigenvalue weighted by atomic mass is 9.67. The first kappa shape index (κ1) is 17.3. The van der Waals surface area contributed by atoms with E-state index in [4.69, 9.17) is 0 Å². The normalized spacial score (nSPS) is 28.3. The predicted octanol–water partition coefficient (Wildman–Crippen LogP) is 3.57. The zero-order valence-corrected chi connectivity index (χ0v) is 16.1. The van der Waals surface area contributed by atoms with E-state index in [9.17, 15) is 9.59 Å². The molecule has 5 rings (SSSR count). The van der Waals surface area contributed by atoms with Crippen LogP contribution in [0.4, 0.5) is 0 Å². The molecule has 2 amide bonds. The Labute approximate surface area is 161 Å². The van der Waals surface area contributed by atoms with Gasteiger partial charge in [-0.05, 0) is 55.9 Å². The smallest absolute Gasteiger partial charge is 0.230 e. The predicted molar refractivity (Wildman–Crippen MR) is 104 cm³/mol. The maximum absolute atomic E-state index is 13.2. The SMILES string of the molecule is O=C(C1CCC1)N1CCC2(CC1)CC(c1ccccc1)C(=O)N(C1CC1)C2. The van der Waals surface area contributed by atoms with Crippen LogP contribution < -0.4 is 0 Å². The molecule has 0 bridgehead atoms. The Kier molecular flexibility index (Phi) is 4.25. The van der Waals surface area contributed by atoms with Crippen molar-refractivity contribution in [1.82, 2.24) is 9.80 Å². The number of benzene rings is 1. The van der Waals surface area contributed by atoms with Crippen LogP contribution in [0, 0.1) is 11.3 Å². The summed E-state index contributed by atoms with van der Waals surface area (Å²) in [4.78, 5) is 30.2. The van der Waals surface area contributed by atoms with Gasteiger partial charge in [0.25, 0.3) is 0 Å². The largest absolute Gasteiger partial charge is 0.342 e. The van der Waals surface area contributed by atoms with Gasteiger partial charge in [0.15, 0.2) is 0 Å². The van der Waals surface area contributed by atoms with E-state index in [1.54, 1.807) is 0 Å². The van der Waals surface area contributed by atoms with Crippen molar-refractivity contribution in [2.45, 2.75) is 63.3 Å². The summed E-state index contributed by atoms with van der Waals surface area (Å²) in [5.74, 6) is 1.02. The molecule has 4 nitrogen and oxygen atoms in total. The average Bonchev–Trinajstić information content (AvgIpc) is 3.48. The Balaban J connectivity index is 1.34. The summed E-state index contributed by atoms with van der Waals surface area (Å²) in [6.45, 7) is 2.67. The minimum atomic E-state index is -0.00515. The number of amides is 2. The van der Waals surface area contributed by atoms with Gasteiger partial charge in [-0.25, -0.2) is 0 Å². The van der Waals surface area contributed by atoms with Gasteiger partial charge < -0.3 is 9.80 Å². The molecular formula is C23H30N2O2. The van der Waals surface area contributed by atoms with Gasteiger partial charge in [-0.1, -0.05) is 36.8 Å². The van der Waals surface area contributed by atoms with Crippen molar-refractivity contribution < 1.29 is 9.59 Å². The summed E-state index contributed by atoms with van der Waals surface area (Å²) in [6.07, 6.45) is 8.75. The van der Waals surface area contributed by atoms with Gasteiger partial charge in [-0.15, -0.1) is 0 Å². The van der Waals surface area contributed by atoms with Crippen molar-refractivity contribution in [2.24, 2.45) is 11.3 Å². The summed E-state index contributed by atoms with van der Waals surface area (Å²) in [7, 11) is 0. The first-order chi connectivity index (χ1) is 13.2. The van der Waals surface area contributed by atoms with Crippen molar-refractivity contribution in [3.05, 3.63) is 35.9 Å². The van der Waals surface area contributed by atoms with Crippen LogP contribution in [-0.2, 0) is 9.59 Å². The van der Waals surface area contributed by atoms with E-state index < -0.39 is 0 Å². The van der Waals surface area contributed by atoms with Crippen LogP contribution in [-0.4, -0.2) is 47.3 Å². The summed E-state index contributed by atoms with van der Waals surface area (Å²) < 4.78 is 0. The number of hydrogen-bond acceptors (Lipinski definition) is 2. The van der Waals surface area contributed by atoms with Crippen LogP contribution in [0.15, 0.2) is 30.3 Å². The zero-order chi connectivity index (χ0) is 18.4. The molecule has 2 saturated carbocycles. The highest BCUT2D eigenvalue weighted by Crippen LogP contribution is 2.48. The molecule has 144 valence electrons. The first-order valence-electron chi connectivity index (χ1n) is 10.8. The molecule has 0 radical (unpaired) electrons. The maximum atomic E-state index is 13.2. The molecule has 1 aromatic carbocycles. The molecule has 1 aromatic rings. The molecule has 2 aliphatic heterocycles. The van der Waals surface area contributed by atoms with E-state index in [1.807, 2.05) is 18.2 Å². The lowest BCUT2D eigenvalue weighted by molar-refractivity contribution is -0.147. The van der Waals surface area contributed by atoms with Crippen molar-refractivity contribution in [2.75, 3.05) is 19.6 Å². The van der Waals surface area contributed by atoms with Gasteiger partial charge in [0.2, 0.25) is 11.8 Å². The monoisotopic (exact) mass is 366 g/mol. The van der Waals surface area contributed by atoms with E-state index in [-0.39, 0.29) is 11.3 Å². The standard InChI is InChI=1S/C23H30N2O2/c26-21(18-7-4-8-18)24-13-11-23(12-14-24)15-20(17-5-2-1-3-6-17)22(27)25(16-23)19-9-10-19/h1-3,5-6,18-20H,4,7-16H2. The molecule has 2 heterocycles. The Morgan fingerprint density at radius 1 is 1.00 bits per heavy atom. The highest BCUT2D eigenvalue weighted by molar-refractivity contribution is 5.85. The third kappa shape index (κ3) is 3.17. The summed E-state index contributed by atoms with van der Waals surface area (Å²) in [6, 6.07) is 10.8. The molecule has 0 N–H and O–H groups in total. The second kappa shape index (κ2) is 6.65. The van der Waals surface area contributed by atoms with Crippen LogP contribution in [0.25, 0.3) is 0 Å². The van der Waals surface area contributed by atoms with Crippen LogP contribution in [0.5, 0.6) is 0 Å². The van der Waals surface area contributed by atoms with Gasteiger partial charge >= 0.3 is 0 Å². The number of rotatable bonds is 3. The van der Waals surface area contributed by atoms with Crippen molar-refractivity contribution in [3.8, 4) is 0 Å². The highest BCUT2D eigenvalue weighted by Gasteiger charge is 2.50. The van der Waals surface area contributed by atoms with E-state index in [0.29, 0.717) is 23.8 Å². The van der Waals surface area contributed by atoms with Gasteiger partial charge in [-0.2, -0.15) is 0 Å². The lowest BCUT2D eigenvalue weighted by Gasteiger charge is -2.50. The lowest BCUT2D eigenvalue weighted by Crippen LogP contribution is -2.55. The zero-order valence-electron chi connectivity index (χ0n) is 16.1. The van der Waals surface area contributed by atoms with Crippen molar-refractivity contribution >= 4 is 11.8 Å². The third-order valence-electron chi connectivity index (χ3n) is 7.50. The van der Waals surface area contributed by atoms with Gasteiger partial charge in [0, 0.05) is 31.6 Å². The molecule has 2 aliphatic carbocycles. The quantitative estimate of drug-likeness (QED) is 0.820. The number of carbonyl (C=O) groups excluding carboxylic acids is 2. The number of piperidine rings is 2. The molecule has 27 heavy (non-hydrogen) atoms. The van der Waals surface area contributed by atoms with Crippen molar-refractivity contribution in [3.63, 3.8) is 0 Å². The number of carbonyl (C=O) groups is 2. The molecule has 4 fully saturated rings. The number of likely N-dealkylation sites (tertiary alicyclic amines) is 2. The van der Waals surface area contributed by atoms with Gasteiger partial charge in [0.05, 0.1) is 5.92 Å². The van der Waals surface area contributed by atoms with Crippen LogP contribution in [0.3, 0.4) is 0 Å². The molecule has 2 saturated heterocycles. The molecule has 1 unspecified atom stereocenters. The summed E-state index contributed by atoms with van der Waals surface area (Å²) in [5.41, 5.74) is 1.35. The Hall–Kier alpha value is -1.84. The van der Waals surface area contributed by atoms with E-state index in [1.165, 1.54) is 12.0 Å². The number of nitrogens with zero attached hydrogens (tertiary/aromatic N) is 2. The Morgan fingerprint density at radius 3 is 2.30 bits per heavy atom. The minimum Gasteiger partial charge on any atom is -0.342 e. The fourth-order valence-corrected chi connectivity index (χ4v) is 5.34. The first-order valence-corrected chi connectivity index (χ1v) is 10.8. The Morgan fingerprint density at radius 2 is 1.70 bits per heavy atom. The van der Waals surface area contributed by atoms with Gasteiger partial charge in [-0.3, -0.25) is 9.59 Å². The molecule has 4 aliphatic rings. The number of hydrogen-bond donors (Lipinski definition) is 0. The van der Waals surface area contributed by atoms with Crippen LogP contribution >= 0.6 is 0 Å². The molecule has 0 aromatic heterocycles. The van der Waals surface area contributed by atoms with E-state index in [0.717, 1.165) is 64.6 Å². The second-order valence-electron chi connectivity index (χ2n) is 9.32. The summed E-state index contributed by atoms with van der Waals surface area (Å²) in [5, 5.41) is 0. The fourth-order valence-electron chi connectivity index (χ4n) is 5.34. The Bertz CT molecular complexity index is 715. The third-order valence-corrected chi connectivity index (χ3v) is 7.50. The second-order valence-corrected chi connectivity index (χ2v) is 9.32. The van der Waals surface area contributed by atoms with E-state index >= 15 is 0 Å². The summed E-state index contributed by atoms with van der Waals surface area (Å²) >= 11 is 0.